The Bertz CT molecular complexity index is 213. The third kappa shape index (κ3) is 4.62. The quantitative estimate of drug-likeness (QED) is 0.710. The first-order valence-electron chi connectivity index (χ1n) is 5.20. The Morgan fingerprint density at radius 2 is 1.87 bits per heavy atom. The van der Waals surface area contributed by atoms with Crippen LogP contribution in [-0.4, -0.2) is 36.0 Å². The van der Waals surface area contributed by atoms with E-state index in [9.17, 15) is 4.79 Å². The lowest BCUT2D eigenvalue weighted by atomic mass is 9.90. The highest BCUT2D eigenvalue weighted by Gasteiger charge is 2.39. The second kappa shape index (κ2) is 5.47. The third-order valence-corrected chi connectivity index (χ3v) is 2.39. The van der Waals surface area contributed by atoms with Crippen LogP contribution in [0.4, 0.5) is 0 Å². The lowest BCUT2D eigenvalue weighted by Crippen LogP contribution is -2.45. The van der Waals surface area contributed by atoms with E-state index in [0.717, 1.165) is 6.42 Å². The van der Waals surface area contributed by atoms with E-state index in [1.807, 2.05) is 20.8 Å². The highest BCUT2D eigenvalue weighted by atomic mass is 16.5. The summed E-state index contributed by atoms with van der Waals surface area (Å²) in [6.07, 6.45) is 1.13. The zero-order chi connectivity index (χ0) is 12.1. The van der Waals surface area contributed by atoms with Gasteiger partial charge in [-0.2, -0.15) is 0 Å². The zero-order valence-electron chi connectivity index (χ0n) is 10.3. The van der Waals surface area contributed by atoms with Crippen LogP contribution in [0.3, 0.4) is 0 Å². The molecule has 0 aliphatic heterocycles. The highest BCUT2D eigenvalue weighted by molar-refractivity contribution is 5.77. The fourth-order valence-electron chi connectivity index (χ4n) is 1.40. The molecule has 0 rings (SSSR count). The molecule has 0 aromatic rings. The fraction of sp³-hybridized carbons (Fsp3) is 0.909. The Morgan fingerprint density at radius 1 is 1.33 bits per heavy atom. The van der Waals surface area contributed by atoms with Gasteiger partial charge in [0.05, 0.1) is 5.60 Å². The monoisotopic (exact) mass is 218 g/mol. The van der Waals surface area contributed by atoms with Crippen molar-refractivity contribution in [3.05, 3.63) is 0 Å². The van der Waals surface area contributed by atoms with Crippen molar-refractivity contribution < 1.29 is 19.4 Å². The second-order valence-corrected chi connectivity index (χ2v) is 4.53. The molecule has 0 aromatic carbocycles. The predicted molar refractivity (Wildman–Crippen MR) is 58.0 cm³/mol. The third-order valence-electron chi connectivity index (χ3n) is 2.39. The van der Waals surface area contributed by atoms with Crippen LogP contribution in [0.15, 0.2) is 0 Å². The maximum absolute atomic E-state index is 11.1. The van der Waals surface area contributed by atoms with E-state index in [2.05, 4.69) is 0 Å². The van der Waals surface area contributed by atoms with Crippen molar-refractivity contribution in [2.45, 2.75) is 51.7 Å². The molecule has 0 saturated carbocycles. The molecule has 0 radical (unpaired) electrons. The first kappa shape index (κ1) is 14.4. The molecule has 0 aliphatic carbocycles. The number of rotatable bonds is 7. The van der Waals surface area contributed by atoms with E-state index in [0.29, 0.717) is 13.0 Å². The minimum atomic E-state index is -1.17. The van der Waals surface area contributed by atoms with Crippen molar-refractivity contribution in [2.75, 3.05) is 13.7 Å². The standard InChI is InChI=1S/C11H22O4/c1-6-7-15-11(4,9(12)13)8-10(2,3)14-5/h6-8H2,1-5H3,(H,12,13). The number of hydrogen-bond acceptors (Lipinski definition) is 3. The van der Waals surface area contributed by atoms with Gasteiger partial charge in [0.2, 0.25) is 0 Å². The van der Waals surface area contributed by atoms with E-state index in [-0.39, 0.29) is 0 Å². The summed E-state index contributed by atoms with van der Waals surface area (Å²) in [6, 6.07) is 0. The van der Waals surface area contributed by atoms with E-state index < -0.39 is 17.2 Å². The maximum Gasteiger partial charge on any atom is 0.335 e. The van der Waals surface area contributed by atoms with Crippen molar-refractivity contribution in [2.24, 2.45) is 0 Å². The Hall–Kier alpha value is -0.610. The average Bonchev–Trinajstić information content (AvgIpc) is 2.14. The summed E-state index contributed by atoms with van der Waals surface area (Å²) in [7, 11) is 1.57. The Kier molecular flexibility index (Phi) is 5.24. The van der Waals surface area contributed by atoms with Crippen molar-refractivity contribution >= 4 is 5.97 Å². The van der Waals surface area contributed by atoms with Crippen molar-refractivity contribution in [1.82, 2.24) is 0 Å². The lowest BCUT2D eigenvalue weighted by Gasteiger charge is -2.33. The molecular formula is C11H22O4. The van der Waals surface area contributed by atoms with Crippen LogP contribution in [0.1, 0.15) is 40.5 Å². The van der Waals surface area contributed by atoms with Gasteiger partial charge in [0.1, 0.15) is 0 Å². The maximum atomic E-state index is 11.1. The summed E-state index contributed by atoms with van der Waals surface area (Å²) in [5, 5.41) is 9.14. The first-order chi connectivity index (χ1) is 6.77. The molecule has 0 heterocycles. The van der Waals surface area contributed by atoms with Crippen LogP contribution in [0, 0.1) is 0 Å². The van der Waals surface area contributed by atoms with Gasteiger partial charge in [-0.1, -0.05) is 6.92 Å². The van der Waals surface area contributed by atoms with Gasteiger partial charge >= 0.3 is 5.97 Å². The summed E-state index contributed by atoms with van der Waals surface area (Å²) in [5.41, 5.74) is -1.67. The molecule has 1 N–H and O–H groups in total. The number of ether oxygens (including phenoxy) is 2. The number of methoxy groups -OCH3 is 1. The van der Waals surface area contributed by atoms with Gasteiger partial charge in [-0.3, -0.25) is 0 Å². The number of aliphatic carboxylic acids is 1. The Morgan fingerprint density at radius 3 is 2.20 bits per heavy atom. The summed E-state index contributed by atoms with van der Waals surface area (Å²) in [6.45, 7) is 7.69. The lowest BCUT2D eigenvalue weighted by molar-refractivity contribution is -0.172. The van der Waals surface area contributed by atoms with Crippen LogP contribution in [0.5, 0.6) is 0 Å². The molecule has 0 bridgehead atoms. The molecule has 0 amide bonds. The topological polar surface area (TPSA) is 55.8 Å². The van der Waals surface area contributed by atoms with Gasteiger partial charge < -0.3 is 14.6 Å². The van der Waals surface area contributed by atoms with Crippen molar-refractivity contribution in [1.29, 1.82) is 0 Å². The van der Waals surface area contributed by atoms with Gasteiger partial charge in [-0.05, 0) is 27.2 Å². The van der Waals surface area contributed by atoms with Gasteiger partial charge in [0, 0.05) is 20.1 Å². The van der Waals surface area contributed by atoms with Crippen LogP contribution in [-0.2, 0) is 14.3 Å². The molecule has 0 fully saturated rings. The summed E-state index contributed by atoms with van der Waals surface area (Å²) < 4.78 is 10.6. The molecule has 1 unspecified atom stereocenters. The molecule has 90 valence electrons. The van der Waals surface area contributed by atoms with Gasteiger partial charge in [0.15, 0.2) is 5.60 Å². The molecule has 0 aromatic heterocycles. The molecule has 15 heavy (non-hydrogen) atoms. The Balaban J connectivity index is 4.58. The van der Waals surface area contributed by atoms with Gasteiger partial charge in [-0.15, -0.1) is 0 Å². The molecule has 1 atom stereocenters. The minimum Gasteiger partial charge on any atom is -0.479 e. The van der Waals surface area contributed by atoms with Crippen molar-refractivity contribution in [3.63, 3.8) is 0 Å². The number of carboxylic acid groups (broad SMARTS) is 1. The molecule has 0 aliphatic rings. The van der Waals surface area contributed by atoms with Crippen molar-refractivity contribution in [3.8, 4) is 0 Å². The summed E-state index contributed by atoms with van der Waals surface area (Å²) >= 11 is 0. The molecular weight excluding hydrogens is 196 g/mol. The van der Waals surface area contributed by atoms with Gasteiger partial charge in [-0.25, -0.2) is 4.79 Å². The molecule has 0 saturated heterocycles. The number of hydrogen-bond donors (Lipinski definition) is 1. The second-order valence-electron chi connectivity index (χ2n) is 4.53. The SMILES string of the molecule is CCCOC(C)(CC(C)(C)OC)C(=O)O. The molecule has 4 heteroatoms. The van der Waals surface area contributed by atoms with E-state index >= 15 is 0 Å². The summed E-state index contributed by atoms with van der Waals surface area (Å²) in [5.74, 6) is -0.943. The first-order valence-corrected chi connectivity index (χ1v) is 5.20. The summed E-state index contributed by atoms with van der Waals surface area (Å²) in [4.78, 5) is 11.1. The average molecular weight is 218 g/mol. The predicted octanol–water partition coefficient (Wildman–Crippen LogP) is 2.07. The minimum absolute atomic E-state index is 0.325. The fourth-order valence-corrected chi connectivity index (χ4v) is 1.40. The zero-order valence-corrected chi connectivity index (χ0v) is 10.3. The highest BCUT2D eigenvalue weighted by Crippen LogP contribution is 2.26. The van der Waals surface area contributed by atoms with Crippen LogP contribution in [0.2, 0.25) is 0 Å². The van der Waals surface area contributed by atoms with Crippen LogP contribution in [0.25, 0.3) is 0 Å². The molecule has 0 spiro atoms. The van der Waals surface area contributed by atoms with E-state index in [4.69, 9.17) is 14.6 Å². The number of carbonyl (C=O) groups is 1. The number of carboxylic acids is 1. The van der Waals surface area contributed by atoms with Crippen LogP contribution < -0.4 is 0 Å². The van der Waals surface area contributed by atoms with Gasteiger partial charge in [0.25, 0.3) is 0 Å². The smallest absolute Gasteiger partial charge is 0.335 e. The van der Waals surface area contributed by atoms with E-state index in [1.54, 1.807) is 14.0 Å². The Labute approximate surface area is 91.6 Å². The molecule has 4 nitrogen and oxygen atoms in total. The van der Waals surface area contributed by atoms with Crippen LogP contribution >= 0.6 is 0 Å². The van der Waals surface area contributed by atoms with E-state index in [1.165, 1.54) is 0 Å². The largest absolute Gasteiger partial charge is 0.479 e. The normalized spacial score (nSPS) is 16.1.